The smallest absolute Gasteiger partial charge is 0.0208 e. The molecule has 1 nitrogen and oxygen atoms in total. The topological polar surface area (TPSA) is 12.0 Å². The molecule has 0 aromatic heterocycles. The highest BCUT2D eigenvalue weighted by molar-refractivity contribution is 5.63. The van der Waals surface area contributed by atoms with Crippen LogP contribution in [0.1, 0.15) is 11.1 Å². The van der Waals surface area contributed by atoms with Crippen LogP contribution in [0.2, 0.25) is 0 Å². The standard InChI is InChI=1S/C20H19N/c1-3-7-17(8-4-1)15-21-16-18-11-13-20(14-12-18)19-9-5-2-6-10-19/h1-14,21H,15-16H2. The Morgan fingerprint density at radius 3 is 1.57 bits per heavy atom. The van der Waals surface area contributed by atoms with Crippen molar-refractivity contribution in [3.05, 3.63) is 96.1 Å². The molecule has 0 spiro atoms. The minimum Gasteiger partial charge on any atom is -0.309 e. The first-order chi connectivity index (χ1) is 10.4. The molecule has 0 amide bonds. The van der Waals surface area contributed by atoms with Crippen LogP contribution in [0.3, 0.4) is 0 Å². The zero-order chi connectivity index (χ0) is 14.3. The van der Waals surface area contributed by atoms with Crippen LogP contribution in [-0.4, -0.2) is 0 Å². The van der Waals surface area contributed by atoms with E-state index in [1.165, 1.54) is 22.3 Å². The molecular weight excluding hydrogens is 254 g/mol. The molecule has 104 valence electrons. The van der Waals surface area contributed by atoms with Gasteiger partial charge in [-0.3, -0.25) is 0 Å². The maximum Gasteiger partial charge on any atom is 0.0208 e. The van der Waals surface area contributed by atoms with Crippen LogP contribution < -0.4 is 5.32 Å². The summed E-state index contributed by atoms with van der Waals surface area (Å²) >= 11 is 0. The predicted octanol–water partition coefficient (Wildman–Crippen LogP) is 4.64. The van der Waals surface area contributed by atoms with Gasteiger partial charge in [-0.05, 0) is 22.3 Å². The fourth-order valence-electron chi connectivity index (χ4n) is 2.39. The first-order valence-electron chi connectivity index (χ1n) is 7.31. The van der Waals surface area contributed by atoms with Gasteiger partial charge in [-0.1, -0.05) is 84.9 Å². The average molecular weight is 273 g/mol. The van der Waals surface area contributed by atoms with Gasteiger partial charge in [0.15, 0.2) is 0 Å². The monoisotopic (exact) mass is 273 g/mol. The highest BCUT2D eigenvalue weighted by Crippen LogP contribution is 2.19. The Hall–Kier alpha value is -2.38. The number of hydrogen-bond donors (Lipinski definition) is 1. The predicted molar refractivity (Wildman–Crippen MR) is 88.9 cm³/mol. The first-order valence-corrected chi connectivity index (χ1v) is 7.31. The van der Waals surface area contributed by atoms with Crippen molar-refractivity contribution in [2.75, 3.05) is 0 Å². The lowest BCUT2D eigenvalue weighted by Gasteiger charge is -2.07. The van der Waals surface area contributed by atoms with Crippen molar-refractivity contribution in [3.63, 3.8) is 0 Å². The van der Waals surface area contributed by atoms with E-state index in [1.807, 2.05) is 12.1 Å². The van der Waals surface area contributed by atoms with Crippen molar-refractivity contribution in [1.29, 1.82) is 0 Å². The van der Waals surface area contributed by atoms with Crippen molar-refractivity contribution in [1.82, 2.24) is 5.32 Å². The number of rotatable bonds is 5. The van der Waals surface area contributed by atoms with Crippen molar-refractivity contribution < 1.29 is 0 Å². The van der Waals surface area contributed by atoms with E-state index in [4.69, 9.17) is 0 Å². The zero-order valence-electron chi connectivity index (χ0n) is 12.0. The molecule has 21 heavy (non-hydrogen) atoms. The highest BCUT2D eigenvalue weighted by Gasteiger charge is 1.97. The maximum atomic E-state index is 3.48. The third kappa shape index (κ3) is 3.80. The Morgan fingerprint density at radius 1 is 0.476 bits per heavy atom. The summed E-state index contributed by atoms with van der Waals surface area (Å²) in [6.07, 6.45) is 0. The van der Waals surface area contributed by atoms with E-state index in [9.17, 15) is 0 Å². The fraction of sp³-hybridized carbons (Fsp3) is 0.100. The van der Waals surface area contributed by atoms with Gasteiger partial charge in [0.25, 0.3) is 0 Å². The summed E-state index contributed by atoms with van der Waals surface area (Å²) in [5, 5.41) is 3.48. The van der Waals surface area contributed by atoms with Crippen LogP contribution >= 0.6 is 0 Å². The molecule has 0 fully saturated rings. The Morgan fingerprint density at radius 2 is 0.952 bits per heavy atom. The summed E-state index contributed by atoms with van der Waals surface area (Å²) in [7, 11) is 0. The summed E-state index contributed by atoms with van der Waals surface area (Å²) in [5.74, 6) is 0. The first kappa shape index (κ1) is 13.6. The summed E-state index contributed by atoms with van der Waals surface area (Å²) in [6, 6.07) is 29.7. The van der Waals surface area contributed by atoms with Gasteiger partial charge >= 0.3 is 0 Å². The SMILES string of the molecule is c1ccc(CNCc2ccc(-c3ccccc3)cc2)cc1. The van der Waals surface area contributed by atoms with Crippen LogP contribution in [-0.2, 0) is 13.1 Å². The molecule has 0 saturated carbocycles. The zero-order valence-corrected chi connectivity index (χ0v) is 12.0. The molecule has 0 radical (unpaired) electrons. The minimum absolute atomic E-state index is 0.893. The summed E-state index contributed by atoms with van der Waals surface area (Å²) < 4.78 is 0. The van der Waals surface area contributed by atoms with E-state index in [0.29, 0.717) is 0 Å². The second-order valence-electron chi connectivity index (χ2n) is 5.15. The van der Waals surface area contributed by atoms with E-state index in [1.54, 1.807) is 0 Å². The van der Waals surface area contributed by atoms with E-state index >= 15 is 0 Å². The highest BCUT2D eigenvalue weighted by atomic mass is 14.8. The molecule has 3 aromatic carbocycles. The van der Waals surface area contributed by atoms with E-state index in [2.05, 4.69) is 78.1 Å². The molecule has 3 aromatic rings. The number of hydrogen-bond acceptors (Lipinski definition) is 1. The molecule has 0 heterocycles. The molecule has 0 aliphatic rings. The van der Waals surface area contributed by atoms with Gasteiger partial charge in [0.05, 0.1) is 0 Å². The largest absolute Gasteiger partial charge is 0.309 e. The average Bonchev–Trinajstić information content (AvgIpc) is 2.57. The van der Waals surface area contributed by atoms with Crippen molar-refractivity contribution in [3.8, 4) is 11.1 Å². The lowest BCUT2D eigenvalue weighted by Crippen LogP contribution is -2.12. The molecule has 0 bridgehead atoms. The summed E-state index contributed by atoms with van der Waals surface area (Å²) in [5.41, 5.74) is 5.16. The van der Waals surface area contributed by atoms with Crippen molar-refractivity contribution in [2.45, 2.75) is 13.1 Å². The van der Waals surface area contributed by atoms with Gasteiger partial charge in [-0.25, -0.2) is 0 Å². The molecule has 0 aliphatic heterocycles. The quantitative estimate of drug-likeness (QED) is 0.714. The van der Waals surface area contributed by atoms with Crippen LogP contribution in [0.25, 0.3) is 11.1 Å². The van der Waals surface area contributed by atoms with Crippen LogP contribution in [0, 0.1) is 0 Å². The normalized spacial score (nSPS) is 10.5. The molecule has 3 rings (SSSR count). The molecule has 0 atom stereocenters. The minimum atomic E-state index is 0.893. The van der Waals surface area contributed by atoms with E-state index in [-0.39, 0.29) is 0 Å². The van der Waals surface area contributed by atoms with Gasteiger partial charge in [-0.2, -0.15) is 0 Å². The lowest BCUT2D eigenvalue weighted by molar-refractivity contribution is 0.693. The fourth-order valence-corrected chi connectivity index (χ4v) is 2.39. The number of nitrogens with one attached hydrogen (secondary N) is 1. The van der Waals surface area contributed by atoms with Gasteiger partial charge in [0.1, 0.15) is 0 Å². The van der Waals surface area contributed by atoms with Gasteiger partial charge in [0, 0.05) is 13.1 Å². The molecule has 0 unspecified atom stereocenters. The van der Waals surface area contributed by atoms with Crippen molar-refractivity contribution >= 4 is 0 Å². The lowest BCUT2D eigenvalue weighted by atomic mass is 10.0. The van der Waals surface area contributed by atoms with E-state index < -0.39 is 0 Å². The Kier molecular flexibility index (Phi) is 4.45. The summed E-state index contributed by atoms with van der Waals surface area (Å²) in [4.78, 5) is 0. The van der Waals surface area contributed by atoms with Gasteiger partial charge in [-0.15, -0.1) is 0 Å². The van der Waals surface area contributed by atoms with Crippen LogP contribution in [0.5, 0.6) is 0 Å². The third-order valence-corrected chi connectivity index (χ3v) is 3.56. The molecular formula is C20H19N. The second kappa shape index (κ2) is 6.87. The van der Waals surface area contributed by atoms with Crippen LogP contribution in [0.4, 0.5) is 0 Å². The second-order valence-corrected chi connectivity index (χ2v) is 5.15. The van der Waals surface area contributed by atoms with Gasteiger partial charge in [0.2, 0.25) is 0 Å². The number of benzene rings is 3. The van der Waals surface area contributed by atoms with Gasteiger partial charge < -0.3 is 5.32 Å². The van der Waals surface area contributed by atoms with E-state index in [0.717, 1.165) is 13.1 Å². The third-order valence-electron chi connectivity index (χ3n) is 3.56. The molecule has 0 saturated heterocycles. The molecule has 1 heteroatoms. The van der Waals surface area contributed by atoms with Crippen LogP contribution in [0.15, 0.2) is 84.9 Å². The Bertz CT molecular complexity index is 657. The molecule has 0 aliphatic carbocycles. The Balaban J connectivity index is 1.58. The molecule has 1 N–H and O–H groups in total. The maximum absolute atomic E-state index is 3.48. The Labute approximate surface area is 126 Å². The van der Waals surface area contributed by atoms with Crippen molar-refractivity contribution in [2.24, 2.45) is 0 Å². The summed E-state index contributed by atoms with van der Waals surface area (Å²) in [6.45, 7) is 1.80.